The van der Waals surface area contributed by atoms with E-state index in [4.69, 9.17) is 28.4 Å². The number of esters is 4. The van der Waals surface area contributed by atoms with Crippen LogP contribution in [0.1, 0.15) is 39.1 Å². The summed E-state index contributed by atoms with van der Waals surface area (Å²) in [5.74, 6) is -2.72. The minimum atomic E-state index is -1.29. The van der Waals surface area contributed by atoms with Gasteiger partial charge in [0.25, 0.3) is 0 Å². The highest BCUT2D eigenvalue weighted by Gasteiger charge is 2.52. The maximum atomic E-state index is 12.0. The largest absolute Gasteiger partial charge is 0.463 e. The Morgan fingerprint density at radius 3 is 1.78 bits per heavy atom. The third-order valence-corrected chi connectivity index (χ3v) is 5.86. The van der Waals surface area contributed by atoms with Gasteiger partial charge in [-0.2, -0.15) is 0 Å². The zero-order chi connectivity index (χ0) is 29.8. The van der Waals surface area contributed by atoms with Crippen LogP contribution in [0.3, 0.4) is 0 Å². The standard InChI is InChI=1S/C28H35N3O10/c1-18(32)37-17-24-25(38-19(2)33)26(39-20(3)34)27(40-21(4)35)28(41-24)36-14-13-31(15-22-9-5-7-11-29-22)16-23-10-6-8-12-30-23/h5-12,24-28H,13-17H2,1-4H3/t24-,25-,26+,27-,28-/m1/s1. The first-order valence-corrected chi connectivity index (χ1v) is 13.1. The summed E-state index contributed by atoms with van der Waals surface area (Å²) >= 11 is 0. The molecule has 1 fully saturated rings. The predicted molar refractivity (Wildman–Crippen MR) is 140 cm³/mol. The second-order valence-corrected chi connectivity index (χ2v) is 9.29. The Balaban J connectivity index is 1.81. The van der Waals surface area contributed by atoms with Gasteiger partial charge in [-0.15, -0.1) is 0 Å². The highest BCUT2D eigenvalue weighted by Crippen LogP contribution is 2.30. The number of hydrogen-bond acceptors (Lipinski definition) is 13. The van der Waals surface area contributed by atoms with Gasteiger partial charge < -0.3 is 28.4 Å². The van der Waals surface area contributed by atoms with Crippen LogP contribution in [-0.4, -0.2) is 89.2 Å². The fourth-order valence-electron chi connectivity index (χ4n) is 4.28. The van der Waals surface area contributed by atoms with Crippen LogP contribution in [0, 0.1) is 0 Å². The fourth-order valence-corrected chi connectivity index (χ4v) is 4.28. The molecule has 0 N–H and O–H groups in total. The highest BCUT2D eigenvalue weighted by molar-refractivity contribution is 5.68. The molecule has 0 aliphatic carbocycles. The molecule has 1 aliphatic heterocycles. The summed E-state index contributed by atoms with van der Waals surface area (Å²) in [6.07, 6.45) is -2.73. The van der Waals surface area contributed by atoms with Gasteiger partial charge in [-0.25, -0.2) is 0 Å². The SMILES string of the molecule is CC(=O)OC[C@H]1O[C@@H](OCCN(Cc2ccccn2)Cc2ccccn2)[C@H](OC(C)=O)[C@@H](OC(C)=O)[C@@H]1OC(C)=O. The molecule has 5 atom stereocenters. The molecular formula is C28H35N3O10. The van der Waals surface area contributed by atoms with Crippen molar-refractivity contribution in [2.45, 2.75) is 71.5 Å². The molecule has 41 heavy (non-hydrogen) atoms. The Hall–Kier alpha value is -3.94. The molecule has 0 bridgehead atoms. The first kappa shape index (κ1) is 31.6. The topological polar surface area (TPSA) is 153 Å². The van der Waals surface area contributed by atoms with Crippen molar-refractivity contribution < 1.29 is 47.6 Å². The van der Waals surface area contributed by atoms with Gasteiger partial charge in [-0.3, -0.25) is 34.0 Å². The maximum Gasteiger partial charge on any atom is 0.303 e. The van der Waals surface area contributed by atoms with Crippen LogP contribution in [0.4, 0.5) is 0 Å². The molecule has 0 aromatic carbocycles. The molecule has 3 heterocycles. The molecule has 0 amide bonds. The monoisotopic (exact) mass is 573 g/mol. The number of carbonyl (C=O) groups is 4. The third kappa shape index (κ3) is 10.5. The van der Waals surface area contributed by atoms with E-state index >= 15 is 0 Å². The van der Waals surface area contributed by atoms with E-state index in [9.17, 15) is 19.2 Å². The molecule has 0 saturated carbocycles. The van der Waals surface area contributed by atoms with Gasteiger partial charge in [-0.1, -0.05) is 12.1 Å². The molecule has 0 radical (unpaired) electrons. The van der Waals surface area contributed by atoms with E-state index in [1.165, 1.54) is 13.8 Å². The number of aromatic nitrogens is 2. The number of rotatable bonds is 13. The van der Waals surface area contributed by atoms with Crippen LogP contribution in [0.5, 0.6) is 0 Å². The van der Waals surface area contributed by atoms with E-state index in [0.717, 1.165) is 25.2 Å². The van der Waals surface area contributed by atoms with Crippen LogP contribution < -0.4 is 0 Å². The van der Waals surface area contributed by atoms with Crippen molar-refractivity contribution in [1.29, 1.82) is 0 Å². The zero-order valence-corrected chi connectivity index (χ0v) is 23.5. The molecule has 1 aliphatic rings. The molecule has 13 heteroatoms. The van der Waals surface area contributed by atoms with Crippen molar-refractivity contribution in [3.63, 3.8) is 0 Å². The van der Waals surface area contributed by atoms with Crippen molar-refractivity contribution in [2.75, 3.05) is 19.8 Å². The van der Waals surface area contributed by atoms with Crippen molar-refractivity contribution in [3.8, 4) is 0 Å². The van der Waals surface area contributed by atoms with Gasteiger partial charge >= 0.3 is 23.9 Å². The van der Waals surface area contributed by atoms with E-state index in [1.807, 2.05) is 36.4 Å². The Morgan fingerprint density at radius 2 is 1.29 bits per heavy atom. The second-order valence-electron chi connectivity index (χ2n) is 9.29. The van der Waals surface area contributed by atoms with E-state index in [0.29, 0.717) is 19.6 Å². The summed E-state index contributed by atoms with van der Waals surface area (Å²) in [5.41, 5.74) is 1.69. The Morgan fingerprint density at radius 1 is 0.756 bits per heavy atom. The van der Waals surface area contributed by atoms with Crippen LogP contribution in [-0.2, 0) is 60.7 Å². The number of pyridine rings is 2. The van der Waals surface area contributed by atoms with Gasteiger partial charge in [-0.05, 0) is 24.3 Å². The Kier molecular flexibility index (Phi) is 12.1. The molecular weight excluding hydrogens is 538 g/mol. The van der Waals surface area contributed by atoms with Crippen molar-refractivity contribution in [3.05, 3.63) is 60.2 Å². The second kappa shape index (κ2) is 15.7. The van der Waals surface area contributed by atoms with Crippen molar-refractivity contribution >= 4 is 23.9 Å². The Bertz CT molecular complexity index is 1110. The quantitative estimate of drug-likeness (QED) is 0.252. The van der Waals surface area contributed by atoms with E-state index in [2.05, 4.69) is 14.9 Å². The number of carbonyl (C=O) groups excluding carboxylic acids is 4. The smallest absolute Gasteiger partial charge is 0.303 e. The molecule has 2 aromatic heterocycles. The van der Waals surface area contributed by atoms with Crippen LogP contribution in [0.2, 0.25) is 0 Å². The first-order chi connectivity index (χ1) is 19.6. The van der Waals surface area contributed by atoms with Gasteiger partial charge in [0.1, 0.15) is 12.7 Å². The lowest BCUT2D eigenvalue weighted by Gasteiger charge is -2.44. The summed E-state index contributed by atoms with van der Waals surface area (Å²) in [5, 5.41) is 0. The summed E-state index contributed by atoms with van der Waals surface area (Å²) in [6, 6.07) is 11.3. The summed E-state index contributed by atoms with van der Waals surface area (Å²) < 4.78 is 33.4. The molecule has 1 saturated heterocycles. The van der Waals surface area contributed by atoms with Crippen LogP contribution >= 0.6 is 0 Å². The summed E-state index contributed by atoms with van der Waals surface area (Å²) in [6.45, 7) is 5.86. The van der Waals surface area contributed by atoms with Gasteiger partial charge in [0, 0.05) is 59.7 Å². The van der Waals surface area contributed by atoms with E-state index in [-0.39, 0.29) is 13.2 Å². The van der Waals surface area contributed by atoms with Crippen molar-refractivity contribution in [2.24, 2.45) is 0 Å². The Labute approximate surface area is 238 Å². The van der Waals surface area contributed by atoms with Gasteiger partial charge in [0.2, 0.25) is 0 Å². The minimum absolute atomic E-state index is 0.0907. The highest BCUT2D eigenvalue weighted by atomic mass is 16.7. The normalized spacial score (nSPS) is 22.0. The lowest BCUT2D eigenvalue weighted by Crippen LogP contribution is -2.63. The average Bonchev–Trinajstić information content (AvgIpc) is 2.91. The molecule has 222 valence electrons. The van der Waals surface area contributed by atoms with Gasteiger partial charge in [0.15, 0.2) is 24.6 Å². The third-order valence-electron chi connectivity index (χ3n) is 5.86. The zero-order valence-electron chi connectivity index (χ0n) is 23.5. The lowest BCUT2D eigenvalue weighted by atomic mass is 9.98. The number of nitrogens with zero attached hydrogens (tertiary/aromatic N) is 3. The average molecular weight is 574 g/mol. The van der Waals surface area contributed by atoms with Gasteiger partial charge in [0.05, 0.1) is 18.0 Å². The summed E-state index contributed by atoms with van der Waals surface area (Å²) in [4.78, 5) is 58.3. The van der Waals surface area contributed by atoms with Crippen molar-refractivity contribution in [1.82, 2.24) is 14.9 Å². The minimum Gasteiger partial charge on any atom is -0.463 e. The lowest BCUT2D eigenvalue weighted by molar-refractivity contribution is -0.308. The summed E-state index contributed by atoms with van der Waals surface area (Å²) in [7, 11) is 0. The molecule has 3 rings (SSSR count). The first-order valence-electron chi connectivity index (χ1n) is 13.1. The van der Waals surface area contributed by atoms with Crippen LogP contribution in [0.15, 0.2) is 48.8 Å². The molecule has 13 nitrogen and oxygen atoms in total. The molecule has 0 unspecified atom stereocenters. The maximum absolute atomic E-state index is 12.0. The molecule has 2 aromatic rings. The van der Waals surface area contributed by atoms with Crippen LogP contribution in [0.25, 0.3) is 0 Å². The fraction of sp³-hybridized carbons (Fsp3) is 0.500. The van der Waals surface area contributed by atoms with E-state index in [1.54, 1.807) is 12.4 Å². The van der Waals surface area contributed by atoms with E-state index < -0.39 is 54.6 Å². The number of hydrogen-bond donors (Lipinski definition) is 0. The number of ether oxygens (including phenoxy) is 6. The molecule has 0 spiro atoms. The predicted octanol–water partition coefficient (Wildman–Crippen LogP) is 1.58.